The first kappa shape index (κ1) is 26.5. The third-order valence-corrected chi connectivity index (χ3v) is 4.62. The number of ether oxygens (including phenoxy) is 1. The molecule has 0 saturated heterocycles. The fourth-order valence-corrected chi connectivity index (χ4v) is 2.91. The maximum Gasteiger partial charge on any atom is 0.373 e. The normalized spacial score (nSPS) is 10.9. The Hall–Kier alpha value is -2.74. The van der Waals surface area contributed by atoms with E-state index in [9.17, 15) is 9.59 Å². The van der Waals surface area contributed by atoms with E-state index in [0.29, 0.717) is 24.2 Å². The lowest BCUT2D eigenvalue weighted by Crippen LogP contribution is -2.17. The van der Waals surface area contributed by atoms with Crippen molar-refractivity contribution in [3.05, 3.63) is 84.0 Å². The molecule has 2 radical (unpaired) electrons. The van der Waals surface area contributed by atoms with Crippen LogP contribution < -0.4 is 0 Å². The lowest BCUT2D eigenvalue weighted by atomic mass is 10.1. The molecule has 0 atom stereocenters. The summed E-state index contributed by atoms with van der Waals surface area (Å²) in [6.07, 6.45) is 4.36. The van der Waals surface area contributed by atoms with Gasteiger partial charge in [-0.25, -0.2) is 9.59 Å². The summed E-state index contributed by atoms with van der Waals surface area (Å²) < 4.78 is 5.34. The van der Waals surface area contributed by atoms with Crippen LogP contribution in [-0.2, 0) is 37.1 Å². The van der Waals surface area contributed by atoms with Crippen LogP contribution in [0.2, 0.25) is 0 Å². The number of carbonyl (C=O) groups excluding carboxylic acids is 2. The summed E-state index contributed by atoms with van der Waals surface area (Å²) in [5.74, 6) is -1.40. The van der Waals surface area contributed by atoms with Gasteiger partial charge >= 0.3 is 18.2 Å². The van der Waals surface area contributed by atoms with Crippen molar-refractivity contribution < 1.29 is 33.9 Å². The Bertz CT molecular complexity index is 765. The van der Waals surface area contributed by atoms with Crippen LogP contribution >= 0.6 is 0 Å². The maximum atomic E-state index is 12.3. The lowest BCUT2D eigenvalue weighted by Gasteiger charge is -2.14. The van der Waals surface area contributed by atoms with Crippen LogP contribution in [0.25, 0.3) is 0 Å². The van der Waals surface area contributed by atoms with E-state index in [0.717, 1.165) is 36.8 Å². The Morgan fingerprint density at radius 1 is 0.697 bits per heavy atom. The molecule has 0 unspecified atom stereocenters. The molecule has 0 aliphatic heterocycles. The quantitative estimate of drug-likeness (QED) is 0.196. The summed E-state index contributed by atoms with van der Waals surface area (Å²) in [4.78, 5) is 44.3. The summed E-state index contributed by atoms with van der Waals surface area (Å²) in [5, 5.41) is 0. The SMILES string of the molecule is [CH2]CCOCC[C](OOC(=O)c1ccc(CCC)cc1)OOC(=O)c1ccc(CCC)cc1. The van der Waals surface area contributed by atoms with Gasteiger partial charge in [-0.15, -0.1) is 9.78 Å². The van der Waals surface area contributed by atoms with Gasteiger partial charge in [0.1, 0.15) is 0 Å². The van der Waals surface area contributed by atoms with Crippen LogP contribution in [0, 0.1) is 13.2 Å². The van der Waals surface area contributed by atoms with Gasteiger partial charge in [0.25, 0.3) is 0 Å². The molecule has 0 aliphatic rings. The molecule has 2 rings (SSSR count). The van der Waals surface area contributed by atoms with Crippen LogP contribution in [0.3, 0.4) is 0 Å². The van der Waals surface area contributed by atoms with Crippen molar-refractivity contribution in [1.82, 2.24) is 0 Å². The van der Waals surface area contributed by atoms with E-state index in [1.165, 1.54) is 0 Å². The van der Waals surface area contributed by atoms with Crippen LogP contribution in [0.4, 0.5) is 0 Å². The second kappa shape index (κ2) is 15.2. The molecule has 2 aromatic carbocycles. The van der Waals surface area contributed by atoms with Crippen molar-refractivity contribution in [2.75, 3.05) is 13.2 Å². The zero-order chi connectivity index (χ0) is 23.9. The van der Waals surface area contributed by atoms with Crippen LogP contribution in [0.1, 0.15) is 71.4 Å². The fraction of sp³-hybridized carbons (Fsp3) is 0.385. The van der Waals surface area contributed by atoms with E-state index in [4.69, 9.17) is 24.3 Å². The highest BCUT2D eigenvalue weighted by Crippen LogP contribution is 2.16. The number of aryl methyl sites for hydroxylation is 2. The minimum absolute atomic E-state index is 0.0887. The van der Waals surface area contributed by atoms with Crippen molar-refractivity contribution in [3.63, 3.8) is 0 Å². The molecule has 7 nitrogen and oxygen atoms in total. The molecule has 0 bridgehead atoms. The van der Waals surface area contributed by atoms with E-state index >= 15 is 0 Å². The lowest BCUT2D eigenvalue weighted by molar-refractivity contribution is -0.364. The van der Waals surface area contributed by atoms with Gasteiger partial charge in [-0.2, -0.15) is 0 Å². The van der Waals surface area contributed by atoms with Crippen molar-refractivity contribution in [1.29, 1.82) is 0 Å². The third-order valence-electron chi connectivity index (χ3n) is 4.62. The zero-order valence-electron chi connectivity index (χ0n) is 19.3. The van der Waals surface area contributed by atoms with Gasteiger partial charge in [0, 0.05) is 13.0 Å². The van der Waals surface area contributed by atoms with Gasteiger partial charge in [-0.05, 0) is 54.7 Å². The molecule has 0 fully saturated rings. The second-order valence-corrected chi connectivity index (χ2v) is 7.39. The Morgan fingerprint density at radius 2 is 1.15 bits per heavy atom. The van der Waals surface area contributed by atoms with E-state index in [1.54, 1.807) is 24.3 Å². The van der Waals surface area contributed by atoms with Crippen LogP contribution in [-0.4, -0.2) is 25.2 Å². The largest absolute Gasteiger partial charge is 0.381 e. The molecule has 178 valence electrons. The molecule has 2 aromatic rings. The van der Waals surface area contributed by atoms with Crippen molar-refractivity contribution in [2.45, 2.75) is 52.4 Å². The Labute approximate surface area is 195 Å². The van der Waals surface area contributed by atoms with Gasteiger partial charge in [-0.1, -0.05) is 57.9 Å². The first-order valence-corrected chi connectivity index (χ1v) is 11.3. The summed E-state index contributed by atoms with van der Waals surface area (Å²) in [7, 11) is 0. The zero-order valence-corrected chi connectivity index (χ0v) is 19.3. The molecule has 0 aromatic heterocycles. The minimum atomic E-state index is -0.698. The molecule has 0 aliphatic carbocycles. The van der Waals surface area contributed by atoms with Crippen molar-refractivity contribution in [2.24, 2.45) is 0 Å². The van der Waals surface area contributed by atoms with E-state index in [1.807, 2.05) is 24.3 Å². The van der Waals surface area contributed by atoms with Gasteiger partial charge in [0.2, 0.25) is 0 Å². The second-order valence-electron chi connectivity index (χ2n) is 7.39. The van der Waals surface area contributed by atoms with E-state index < -0.39 is 11.9 Å². The topological polar surface area (TPSA) is 80.3 Å². The summed E-state index contributed by atoms with van der Waals surface area (Å²) >= 11 is 0. The van der Waals surface area contributed by atoms with Gasteiger partial charge in [0.15, 0.2) is 0 Å². The average molecular weight is 457 g/mol. The predicted molar refractivity (Wildman–Crippen MR) is 123 cm³/mol. The summed E-state index contributed by atoms with van der Waals surface area (Å²) in [5.41, 5.74) is 2.91. The highest BCUT2D eigenvalue weighted by atomic mass is 17.3. The molecule has 0 amide bonds. The molecular formula is C26H32O7. The Balaban J connectivity index is 1.89. The number of benzene rings is 2. The molecule has 7 heteroatoms. The molecule has 0 spiro atoms. The molecule has 0 N–H and O–H groups in total. The van der Waals surface area contributed by atoms with Crippen LogP contribution in [0.5, 0.6) is 0 Å². The molecule has 0 heterocycles. The standard InChI is InChI=1S/C26H32O7/c1-4-7-20-9-13-22(14-10-20)25(27)32-30-24(17-19-29-18-6-3)31-33-26(28)23-15-11-21(8-5-2)12-16-23/h9-16H,3-8,17-19H2,1-2H3. The van der Waals surface area contributed by atoms with E-state index in [2.05, 4.69) is 20.8 Å². The van der Waals surface area contributed by atoms with Crippen molar-refractivity contribution in [3.8, 4) is 0 Å². The number of hydrogen-bond acceptors (Lipinski definition) is 7. The molecular weight excluding hydrogens is 424 g/mol. The van der Waals surface area contributed by atoms with Crippen LogP contribution in [0.15, 0.2) is 48.5 Å². The number of rotatable bonds is 15. The van der Waals surface area contributed by atoms with Gasteiger partial charge in [-0.3, -0.25) is 9.78 Å². The minimum Gasteiger partial charge on any atom is -0.381 e. The first-order chi connectivity index (χ1) is 16.1. The highest BCUT2D eigenvalue weighted by Gasteiger charge is 2.22. The maximum absolute atomic E-state index is 12.3. The number of carbonyl (C=O) groups is 2. The Morgan fingerprint density at radius 3 is 1.55 bits per heavy atom. The summed E-state index contributed by atoms with van der Waals surface area (Å²) in [6.45, 7) is 8.51. The van der Waals surface area contributed by atoms with Gasteiger partial charge in [0.05, 0.1) is 17.7 Å². The van der Waals surface area contributed by atoms with Gasteiger partial charge < -0.3 is 4.74 Å². The van der Waals surface area contributed by atoms with E-state index in [-0.39, 0.29) is 19.3 Å². The monoisotopic (exact) mass is 456 g/mol. The Kier molecular flexibility index (Phi) is 12.2. The highest BCUT2D eigenvalue weighted by molar-refractivity contribution is 5.89. The average Bonchev–Trinajstić information content (AvgIpc) is 2.84. The fourth-order valence-electron chi connectivity index (χ4n) is 2.91. The van der Waals surface area contributed by atoms with Crippen molar-refractivity contribution >= 4 is 11.9 Å². The summed E-state index contributed by atoms with van der Waals surface area (Å²) in [6, 6.07) is 14.1. The molecule has 0 saturated carbocycles. The third kappa shape index (κ3) is 9.74. The first-order valence-electron chi connectivity index (χ1n) is 11.3. The number of hydrogen-bond donors (Lipinski definition) is 0. The smallest absolute Gasteiger partial charge is 0.373 e. The molecule has 33 heavy (non-hydrogen) atoms. The predicted octanol–water partition coefficient (Wildman–Crippen LogP) is 5.59.